The average molecular weight is 399 g/mol. The van der Waals surface area contributed by atoms with Crippen molar-refractivity contribution < 1.29 is 4.79 Å². The van der Waals surface area contributed by atoms with Gasteiger partial charge in [-0.2, -0.15) is 0 Å². The molecule has 1 saturated carbocycles. The summed E-state index contributed by atoms with van der Waals surface area (Å²) in [5, 5.41) is 3.42. The number of rotatable bonds is 6. The number of piperidine rings is 1. The van der Waals surface area contributed by atoms with Crippen LogP contribution < -0.4 is 10.2 Å². The van der Waals surface area contributed by atoms with Crippen LogP contribution in [0.1, 0.15) is 36.0 Å². The number of carbonyl (C=O) groups is 1. The van der Waals surface area contributed by atoms with Crippen LogP contribution in [0.3, 0.4) is 0 Å². The lowest BCUT2D eigenvalue weighted by Gasteiger charge is -2.38. The van der Waals surface area contributed by atoms with Crippen molar-refractivity contribution in [2.24, 2.45) is 5.92 Å². The Morgan fingerprint density at radius 2 is 1.93 bits per heavy atom. The minimum absolute atomic E-state index is 0.150. The Hall–Kier alpha value is -2.11. The SMILES string of the molecule is CN(c1ccccc1C(=O)Nc1ccc(Cl)cn1)C1CCN(CC2CC2)CC1. The van der Waals surface area contributed by atoms with Gasteiger partial charge in [0.2, 0.25) is 0 Å². The third kappa shape index (κ3) is 4.65. The molecule has 0 unspecified atom stereocenters. The van der Waals surface area contributed by atoms with Crippen molar-refractivity contribution in [1.29, 1.82) is 0 Å². The standard InChI is InChI=1S/C22H27ClN4O/c1-26(18-10-12-27(13-11-18)15-16-6-7-16)20-5-3-2-4-19(20)22(28)25-21-9-8-17(23)14-24-21/h2-5,8-9,14,16,18H,6-7,10-13,15H2,1H3,(H,24,25,28). The Balaban J connectivity index is 1.43. The molecule has 4 rings (SSSR count). The Kier molecular flexibility index (Phi) is 5.83. The molecular formula is C22H27ClN4O. The van der Waals surface area contributed by atoms with Gasteiger partial charge in [-0.05, 0) is 55.9 Å². The van der Waals surface area contributed by atoms with E-state index >= 15 is 0 Å². The van der Waals surface area contributed by atoms with Gasteiger partial charge in [0.25, 0.3) is 5.91 Å². The topological polar surface area (TPSA) is 48.5 Å². The van der Waals surface area contributed by atoms with Crippen LogP contribution in [0, 0.1) is 5.92 Å². The van der Waals surface area contributed by atoms with E-state index in [0.717, 1.165) is 37.5 Å². The maximum atomic E-state index is 12.9. The largest absolute Gasteiger partial charge is 0.371 e. The molecule has 0 radical (unpaired) electrons. The summed E-state index contributed by atoms with van der Waals surface area (Å²) in [6, 6.07) is 11.7. The first-order valence-electron chi connectivity index (χ1n) is 10.1. The summed E-state index contributed by atoms with van der Waals surface area (Å²) in [5.41, 5.74) is 1.64. The summed E-state index contributed by atoms with van der Waals surface area (Å²) >= 11 is 5.87. The van der Waals surface area contributed by atoms with Crippen molar-refractivity contribution in [3.05, 3.63) is 53.2 Å². The highest BCUT2D eigenvalue weighted by Gasteiger charge is 2.29. The summed E-state index contributed by atoms with van der Waals surface area (Å²) in [5.74, 6) is 1.30. The Morgan fingerprint density at radius 3 is 2.61 bits per heavy atom. The summed E-state index contributed by atoms with van der Waals surface area (Å²) < 4.78 is 0. The molecule has 2 aliphatic rings. The lowest BCUT2D eigenvalue weighted by atomic mass is 10.0. The molecule has 2 fully saturated rings. The van der Waals surface area contributed by atoms with Crippen molar-refractivity contribution in [1.82, 2.24) is 9.88 Å². The predicted octanol–water partition coefficient (Wildman–Crippen LogP) is 4.30. The van der Waals surface area contributed by atoms with Crippen LogP contribution in [0.25, 0.3) is 0 Å². The monoisotopic (exact) mass is 398 g/mol. The zero-order valence-electron chi connectivity index (χ0n) is 16.3. The van der Waals surface area contributed by atoms with Gasteiger partial charge in [0, 0.05) is 44.6 Å². The molecule has 1 aromatic carbocycles. The second kappa shape index (κ2) is 8.50. The van der Waals surface area contributed by atoms with E-state index < -0.39 is 0 Å². The van der Waals surface area contributed by atoms with Crippen molar-refractivity contribution in [2.75, 3.05) is 36.9 Å². The van der Waals surface area contributed by atoms with Crippen LogP contribution in [-0.4, -0.2) is 48.5 Å². The molecule has 5 nitrogen and oxygen atoms in total. The van der Waals surface area contributed by atoms with Gasteiger partial charge in [0.1, 0.15) is 5.82 Å². The number of aromatic nitrogens is 1. The second-order valence-corrected chi connectivity index (χ2v) is 8.36. The number of nitrogens with one attached hydrogen (secondary N) is 1. The first kappa shape index (κ1) is 19.2. The number of anilines is 2. The third-order valence-electron chi connectivity index (χ3n) is 5.82. The lowest BCUT2D eigenvalue weighted by molar-refractivity contribution is 0.102. The zero-order chi connectivity index (χ0) is 19.5. The van der Waals surface area contributed by atoms with Crippen molar-refractivity contribution >= 4 is 29.0 Å². The highest BCUT2D eigenvalue weighted by Crippen LogP contribution is 2.32. The first-order valence-corrected chi connectivity index (χ1v) is 10.4. The molecule has 6 heteroatoms. The molecule has 2 aromatic rings. The van der Waals surface area contributed by atoms with Crippen LogP contribution in [-0.2, 0) is 0 Å². The molecule has 1 aliphatic heterocycles. The number of amides is 1. The smallest absolute Gasteiger partial charge is 0.258 e. The Morgan fingerprint density at radius 1 is 1.18 bits per heavy atom. The number of nitrogens with zero attached hydrogens (tertiary/aromatic N) is 3. The third-order valence-corrected chi connectivity index (χ3v) is 6.04. The van der Waals surface area contributed by atoms with Gasteiger partial charge < -0.3 is 15.1 Å². The molecule has 2 heterocycles. The van der Waals surface area contributed by atoms with Crippen molar-refractivity contribution in [3.63, 3.8) is 0 Å². The fourth-order valence-electron chi connectivity index (χ4n) is 3.96. The van der Waals surface area contributed by atoms with E-state index in [2.05, 4.69) is 27.1 Å². The van der Waals surface area contributed by atoms with Crippen LogP contribution >= 0.6 is 11.6 Å². The van der Waals surface area contributed by atoms with Crippen molar-refractivity contribution in [3.8, 4) is 0 Å². The number of benzene rings is 1. The molecular weight excluding hydrogens is 372 g/mol. The van der Waals surface area contributed by atoms with Gasteiger partial charge in [0.15, 0.2) is 0 Å². The second-order valence-electron chi connectivity index (χ2n) is 7.92. The number of hydrogen-bond acceptors (Lipinski definition) is 4. The minimum atomic E-state index is -0.150. The van der Waals surface area contributed by atoms with Crippen LogP contribution in [0.15, 0.2) is 42.6 Å². The molecule has 0 atom stereocenters. The molecule has 1 aromatic heterocycles. The molecule has 148 valence electrons. The minimum Gasteiger partial charge on any atom is -0.371 e. The van der Waals surface area contributed by atoms with E-state index in [-0.39, 0.29) is 5.91 Å². The van der Waals surface area contributed by atoms with E-state index in [1.807, 2.05) is 24.3 Å². The Bertz CT molecular complexity index is 814. The first-order chi connectivity index (χ1) is 13.6. The Labute approximate surface area is 171 Å². The lowest BCUT2D eigenvalue weighted by Crippen LogP contribution is -2.44. The summed E-state index contributed by atoms with van der Waals surface area (Å²) in [4.78, 5) is 21.9. The summed E-state index contributed by atoms with van der Waals surface area (Å²) in [6.07, 6.45) is 6.62. The molecule has 0 bridgehead atoms. The fourth-order valence-corrected chi connectivity index (χ4v) is 4.07. The van der Waals surface area contributed by atoms with E-state index in [1.165, 1.54) is 25.6 Å². The van der Waals surface area contributed by atoms with Gasteiger partial charge >= 0.3 is 0 Å². The zero-order valence-corrected chi connectivity index (χ0v) is 17.0. The quantitative estimate of drug-likeness (QED) is 0.788. The predicted molar refractivity (Wildman–Crippen MR) is 114 cm³/mol. The van der Waals surface area contributed by atoms with E-state index in [4.69, 9.17) is 11.6 Å². The summed E-state index contributed by atoms with van der Waals surface area (Å²) in [7, 11) is 2.11. The van der Waals surface area contributed by atoms with Crippen molar-refractivity contribution in [2.45, 2.75) is 31.7 Å². The van der Waals surface area contributed by atoms with Crippen LogP contribution in [0.2, 0.25) is 5.02 Å². The highest BCUT2D eigenvalue weighted by atomic mass is 35.5. The molecule has 1 saturated heterocycles. The van der Waals surface area contributed by atoms with Gasteiger partial charge in [-0.3, -0.25) is 4.79 Å². The number of hydrogen-bond donors (Lipinski definition) is 1. The number of halogens is 1. The number of para-hydroxylation sites is 1. The molecule has 28 heavy (non-hydrogen) atoms. The molecule has 1 aliphatic carbocycles. The van der Waals surface area contributed by atoms with Gasteiger partial charge in [0.05, 0.1) is 10.6 Å². The van der Waals surface area contributed by atoms with E-state index in [1.54, 1.807) is 12.1 Å². The average Bonchev–Trinajstić information content (AvgIpc) is 3.54. The highest BCUT2D eigenvalue weighted by molar-refractivity contribution is 6.30. The van der Waals surface area contributed by atoms with Gasteiger partial charge in [-0.15, -0.1) is 0 Å². The number of carbonyl (C=O) groups excluding carboxylic acids is 1. The normalized spacial score (nSPS) is 18.1. The van der Waals surface area contributed by atoms with E-state index in [0.29, 0.717) is 22.4 Å². The maximum Gasteiger partial charge on any atom is 0.258 e. The number of likely N-dealkylation sites (tertiary alicyclic amines) is 1. The van der Waals surface area contributed by atoms with E-state index in [9.17, 15) is 4.79 Å². The van der Waals surface area contributed by atoms with Gasteiger partial charge in [-0.1, -0.05) is 23.7 Å². The van der Waals surface area contributed by atoms with Crippen LogP contribution in [0.5, 0.6) is 0 Å². The maximum absolute atomic E-state index is 12.9. The molecule has 1 amide bonds. The number of pyridine rings is 1. The fraction of sp³-hybridized carbons (Fsp3) is 0.455. The van der Waals surface area contributed by atoms with Gasteiger partial charge in [-0.25, -0.2) is 4.98 Å². The van der Waals surface area contributed by atoms with Crippen LogP contribution in [0.4, 0.5) is 11.5 Å². The summed E-state index contributed by atoms with van der Waals surface area (Å²) in [6.45, 7) is 3.56. The molecule has 0 spiro atoms. The molecule has 1 N–H and O–H groups in total.